The minimum Gasteiger partial charge on any atom is -0.494 e. The van der Waals surface area contributed by atoms with Crippen molar-refractivity contribution in [3.05, 3.63) is 66.0 Å². The molecule has 2 heterocycles. The molecule has 2 aromatic carbocycles. The van der Waals surface area contributed by atoms with Gasteiger partial charge in [-0.05, 0) is 31.2 Å². The Morgan fingerprint density at radius 2 is 2.00 bits per heavy atom. The highest BCUT2D eigenvalue weighted by Crippen LogP contribution is 2.31. The van der Waals surface area contributed by atoms with Gasteiger partial charge in [0.1, 0.15) is 33.6 Å². The third-order valence-corrected chi connectivity index (χ3v) is 5.47. The van der Waals surface area contributed by atoms with Crippen molar-refractivity contribution in [2.45, 2.75) is 11.9 Å². The SMILES string of the molecule is COc1ccccc1-n1ncc2c(C)nnc(SCC(=O)Nc3ccc(F)cc3F)c21. The van der Waals surface area contributed by atoms with Gasteiger partial charge in [-0.15, -0.1) is 5.10 Å². The van der Waals surface area contributed by atoms with Crippen LogP contribution < -0.4 is 10.1 Å². The number of methoxy groups -OCH3 is 1. The number of carbonyl (C=O) groups excluding carboxylic acids is 1. The summed E-state index contributed by atoms with van der Waals surface area (Å²) >= 11 is 1.14. The molecule has 1 N–H and O–H groups in total. The van der Waals surface area contributed by atoms with Crippen molar-refractivity contribution >= 4 is 34.3 Å². The predicted octanol–water partition coefficient (Wildman–Crippen LogP) is 4.14. The number of carbonyl (C=O) groups is 1. The standard InChI is InChI=1S/C21H17F2N5O2S/c1-12-14-10-24-28(17-5-3-4-6-18(17)30-2)20(14)21(27-26-12)31-11-19(29)25-16-8-7-13(22)9-15(16)23/h3-10H,11H2,1-2H3,(H,25,29). The van der Waals surface area contributed by atoms with Gasteiger partial charge in [0.15, 0.2) is 0 Å². The molecule has 158 valence electrons. The number of aromatic nitrogens is 4. The third-order valence-electron chi connectivity index (χ3n) is 4.51. The van der Waals surface area contributed by atoms with Crippen molar-refractivity contribution in [1.29, 1.82) is 0 Å². The maximum Gasteiger partial charge on any atom is 0.234 e. The maximum absolute atomic E-state index is 13.8. The average molecular weight is 441 g/mol. The Labute approximate surface area is 180 Å². The highest BCUT2D eigenvalue weighted by Gasteiger charge is 2.18. The van der Waals surface area contributed by atoms with Gasteiger partial charge in [-0.3, -0.25) is 4.79 Å². The summed E-state index contributed by atoms with van der Waals surface area (Å²) in [7, 11) is 1.57. The summed E-state index contributed by atoms with van der Waals surface area (Å²) in [5, 5.41) is 16.6. The van der Waals surface area contributed by atoms with Crippen LogP contribution in [0.4, 0.5) is 14.5 Å². The van der Waals surface area contributed by atoms with Crippen LogP contribution in [0.15, 0.2) is 53.7 Å². The number of hydrogen-bond donors (Lipinski definition) is 1. The van der Waals surface area contributed by atoms with E-state index in [1.165, 1.54) is 6.07 Å². The number of hydrogen-bond acceptors (Lipinski definition) is 6. The second-order valence-corrected chi connectivity index (χ2v) is 7.51. The Balaban J connectivity index is 1.63. The summed E-state index contributed by atoms with van der Waals surface area (Å²) in [6, 6.07) is 10.4. The lowest BCUT2D eigenvalue weighted by atomic mass is 10.2. The van der Waals surface area contributed by atoms with Crippen molar-refractivity contribution in [3.63, 3.8) is 0 Å². The number of aryl methyl sites for hydroxylation is 1. The number of rotatable bonds is 6. The van der Waals surface area contributed by atoms with Crippen LogP contribution in [-0.2, 0) is 4.79 Å². The Kier molecular flexibility index (Phi) is 5.81. The summed E-state index contributed by atoms with van der Waals surface area (Å²) in [6.07, 6.45) is 1.68. The Hall–Kier alpha value is -3.53. The zero-order chi connectivity index (χ0) is 22.0. The molecule has 10 heteroatoms. The minimum atomic E-state index is -0.842. The number of halogens is 2. The van der Waals surface area contributed by atoms with E-state index in [1.54, 1.807) is 18.0 Å². The summed E-state index contributed by atoms with van der Waals surface area (Å²) < 4.78 is 34.0. The molecule has 0 atom stereocenters. The van der Waals surface area contributed by atoms with E-state index < -0.39 is 17.5 Å². The van der Waals surface area contributed by atoms with Crippen LogP contribution in [0.3, 0.4) is 0 Å². The van der Waals surface area contributed by atoms with Gasteiger partial charge in [0.2, 0.25) is 5.91 Å². The smallest absolute Gasteiger partial charge is 0.234 e. The Morgan fingerprint density at radius 3 is 2.77 bits per heavy atom. The molecule has 2 aromatic heterocycles. The summed E-state index contributed by atoms with van der Waals surface area (Å²) in [5.74, 6) is -1.45. The minimum absolute atomic E-state index is 0.0548. The molecule has 0 saturated carbocycles. The van der Waals surface area contributed by atoms with E-state index in [0.29, 0.717) is 33.7 Å². The van der Waals surface area contributed by atoms with Crippen LogP contribution >= 0.6 is 11.8 Å². The van der Waals surface area contributed by atoms with Gasteiger partial charge in [0.25, 0.3) is 0 Å². The second-order valence-electron chi connectivity index (χ2n) is 6.54. The molecule has 0 spiro atoms. The van der Waals surface area contributed by atoms with Crippen LogP contribution in [0.2, 0.25) is 0 Å². The largest absolute Gasteiger partial charge is 0.494 e. The molecule has 0 radical (unpaired) electrons. The predicted molar refractivity (Wildman–Crippen MR) is 114 cm³/mol. The Bertz CT molecular complexity index is 1280. The second kappa shape index (κ2) is 8.68. The topological polar surface area (TPSA) is 81.9 Å². The van der Waals surface area contributed by atoms with Gasteiger partial charge in [-0.1, -0.05) is 23.9 Å². The Morgan fingerprint density at radius 1 is 1.19 bits per heavy atom. The van der Waals surface area contributed by atoms with Gasteiger partial charge >= 0.3 is 0 Å². The van der Waals surface area contributed by atoms with E-state index in [-0.39, 0.29) is 11.4 Å². The molecule has 4 aromatic rings. The van der Waals surface area contributed by atoms with E-state index >= 15 is 0 Å². The van der Waals surface area contributed by atoms with E-state index in [0.717, 1.165) is 23.2 Å². The normalized spacial score (nSPS) is 11.0. The number of ether oxygens (including phenoxy) is 1. The number of anilines is 1. The molecule has 0 bridgehead atoms. The van der Waals surface area contributed by atoms with Gasteiger partial charge in [0, 0.05) is 11.5 Å². The lowest BCUT2D eigenvalue weighted by molar-refractivity contribution is -0.113. The van der Waals surface area contributed by atoms with E-state index in [2.05, 4.69) is 20.6 Å². The molecule has 31 heavy (non-hydrogen) atoms. The number of para-hydroxylation sites is 2. The fourth-order valence-corrected chi connectivity index (χ4v) is 3.81. The molecular weight excluding hydrogens is 424 g/mol. The summed E-state index contributed by atoms with van der Waals surface area (Å²) in [4.78, 5) is 12.3. The van der Waals surface area contributed by atoms with Crippen molar-refractivity contribution in [3.8, 4) is 11.4 Å². The van der Waals surface area contributed by atoms with Gasteiger partial charge < -0.3 is 10.1 Å². The zero-order valence-electron chi connectivity index (χ0n) is 16.6. The van der Waals surface area contributed by atoms with Crippen molar-refractivity contribution < 1.29 is 18.3 Å². The molecular formula is C21H17F2N5O2S. The third kappa shape index (κ3) is 4.19. The first-order valence-electron chi connectivity index (χ1n) is 9.20. The van der Waals surface area contributed by atoms with Crippen LogP contribution in [0.5, 0.6) is 5.75 Å². The van der Waals surface area contributed by atoms with E-state index in [4.69, 9.17) is 4.74 Å². The number of nitrogens with zero attached hydrogens (tertiary/aromatic N) is 4. The number of amides is 1. The number of benzene rings is 2. The first-order valence-corrected chi connectivity index (χ1v) is 10.2. The van der Waals surface area contributed by atoms with Crippen molar-refractivity contribution in [2.75, 3.05) is 18.2 Å². The number of fused-ring (bicyclic) bond motifs is 1. The van der Waals surface area contributed by atoms with Crippen LogP contribution in [-0.4, -0.2) is 38.7 Å². The number of thioether (sulfide) groups is 1. The summed E-state index contributed by atoms with van der Waals surface area (Å²) in [6.45, 7) is 1.82. The zero-order valence-corrected chi connectivity index (χ0v) is 17.4. The van der Waals surface area contributed by atoms with Crippen LogP contribution in [0.1, 0.15) is 5.69 Å². The number of nitrogens with one attached hydrogen (secondary N) is 1. The fraction of sp³-hybridized carbons (Fsp3) is 0.143. The van der Waals surface area contributed by atoms with Gasteiger partial charge in [-0.25, -0.2) is 13.5 Å². The summed E-state index contributed by atoms with van der Waals surface area (Å²) in [5.41, 5.74) is 2.00. The van der Waals surface area contributed by atoms with Crippen LogP contribution in [0, 0.1) is 18.6 Å². The lowest BCUT2D eigenvalue weighted by Gasteiger charge is -2.11. The first kappa shape index (κ1) is 20.7. The molecule has 7 nitrogen and oxygen atoms in total. The molecule has 4 rings (SSSR count). The van der Waals surface area contributed by atoms with Crippen LogP contribution in [0.25, 0.3) is 16.6 Å². The molecule has 0 fully saturated rings. The molecule has 0 aliphatic heterocycles. The maximum atomic E-state index is 13.8. The van der Waals surface area contributed by atoms with Crippen molar-refractivity contribution in [2.24, 2.45) is 0 Å². The fourth-order valence-electron chi connectivity index (χ4n) is 3.04. The first-order chi connectivity index (χ1) is 15.0. The average Bonchev–Trinajstić information content (AvgIpc) is 3.21. The van der Waals surface area contributed by atoms with Gasteiger partial charge in [0.05, 0.1) is 30.4 Å². The van der Waals surface area contributed by atoms with E-state index in [9.17, 15) is 13.6 Å². The molecule has 0 aliphatic carbocycles. The molecule has 0 aliphatic rings. The van der Waals surface area contributed by atoms with Crippen molar-refractivity contribution in [1.82, 2.24) is 20.0 Å². The quantitative estimate of drug-likeness (QED) is 0.453. The molecule has 0 unspecified atom stereocenters. The van der Waals surface area contributed by atoms with Gasteiger partial charge in [-0.2, -0.15) is 10.2 Å². The monoisotopic (exact) mass is 441 g/mol. The highest BCUT2D eigenvalue weighted by atomic mass is 32.2. The lowest BCUT2D eigenvalue weighted by Crippen LogP contribution is -2.15. The molecule has 0 saturated heterocycles. The highest BCUT2D eigenvalue weighted by molar-refractivity contribution is 8.00. The molecule has 1 amide bonds. The van der Waals surface area contributed by atoms with E-state index in [1.807, 2.05) is 31.2 Å².